The van der Waals surface area contributed by atoms with Crippen molar-refractivity contribution in [2.24, 2.45) is 10.9 Å². The van der Waals surface area contributed by atoms with E-state index in [0.717, 1.165) is 18.7 Å². The molecule has 3 aromatic rings. The Kier molecular flexibility index (Phi) is 6.13. The summed E-state index contributed by atoms with van der Waals surface area (Å²) < 4.78 is 0. The van der Waals surface area contributed by atoms with Gasteiger partial charge in [-0.15, -0.1) is 0 Å². The lowest BCUT2D eigenvalue weighted by atomic mass is 9.71. The van der Waals surface area contributed by atoms with E-state index in [2.05, 4.69) is 65.6 Å². The molecule has 4 heteroatoms. The van der Waals surface area contributed by atoms with Gasteiger partial charge in [-0.25, -0.2) is 0 Å². The smallest absolute Gasteiger partial charge is 0.0693 e. The van der Waals surface area contributed by atoms with Gasteiger partial charge in [-0.3, -0.25) is 9.89 Å². The number of nitrogens with zero attached hydrogens (tertiary/aromatic N) is 2. The predicted octanol–water partition coefficient (Wildman–Crippen LogP) is 6.71. The quantitative estimate of drug-likeness (QED) is 0.396. The Morgan fingerprint density at radius 3 is 2.03 bits per heavy atom. The standard InChI is InChI=1S/C27H26Cl2N2/c28-23-13-7-12-22(25(23)29)18-30-26-21-14-16-31(17-15-21)27(26)24(19-8-3-1-4-9-19)20-10-5-2-6-11-20/h1-13,18,21,24,26-27H,14-17H2/t26-,27-/m1/s1. The van der Waals surface area contributed by atoms with Gasteiger partial charge in [0, 0.05) is 23.7 Å². The first kappa shape index (κ1) is 20.8. The van der Waals surface area contributed by atoms with Crippen LogP contribution in [0.2, 0.25) is 10.0 Å². The third-order valence-electron chi connectivity index (χ3n) is 6.85. The van der Waals surface area contributed by atoms with Crippen LogP contribution in [0.1, 0.15) is 35.4 Å². The van der Waals surface area contributed by atoms with Crippen molar-refractivity contribution in [2.45, 2.75) is 30.8 Å². The Balaban J connectivity index is 1.56. The molecule has 0 saturated carbocycles. The van der Waals surface area contributed by atoms with Crippen LogP contribution < -0.4 is 0 Å². The van der Waals surface area contributed by atoms with Crippen molar-refractivity contribution in [1.29, 1.82) is 0 Å². The van der Waals surface area contributed by atoms with Gasteiger partial charge in [0.1, 0.15) is 0 Å². The molecule has 31 heavy (non-hydrogen) atoms. The van der Waals surface area contributed by atoms with Crippen LogP contribution in [-0.2, 0) is 0 Å². The molecule has 2 bridgehead atoms. The van der Waals surface area contributed by atoms with Crippen LogP contribution in [0.5, 0.6) is 0 Å². The van der Waals surface area contributed by atoms with E-state index in [9.17, 15) is 0 Å². The fourth-order valence-electron chi connectivity index (χ4n) is 5.37. The summed E-state index contributed by atoms with van der Waals surface area (Å²) in [6.45, 7) is 2.30. The maximum Gasteiger partial charge on any atom is 0.0693 e. The maximum atomic E-state index is 6.45. The van der Waals surface area contributed by atoms with E-state index in [-0.39, 0.29) is 12.0 Å². The molecule has 3 aliphatic rings. The van der Waals surface area contributed by atoms with Crippen LogP contribution in [0.25, 0.3) is 0 Å². The molecule has 0 amide bonds. The molecule has 3 aromatic carbocycles. The minimum absolute atomic E-state index is 0.225. The third-order valence-corrected chi connectivity index (χ3v) is 7.69. The zero-order chi connectivity index (χ0) is 21.2. The molecule has 0 spiro atoms. The highest BCUT2D eigenvalue weighted by Gasteiger charge is 2.46. The Morgan fingerprint density at radius 1 is 0.806 bits per heavy atom. The molecule has 0 unspecified atom stereocenters. The number of hydrogen-bond donors (Lipinski definition) is 0. The summed E-state index contributed by atoms with van der Waals surface area (Å²) in [7, 11) is 0. The molecular formula is C27H26Cl2N2. The van der Waals surface area contributed by atoms with Gasteiger partial charge >= 0.3 is 0 Å². The van der Waals surface area contributed by atoms with Crippen LogP contribution in [0.4, 0.5) is 0 Å². The highest BCUT2D eigenvalue weighted by Crippen LogP contribution is 2.43. The molecule has 0 aromatic heterocycles. The number of hydrogen-bond acceptors (Lipinski definition) is 2. The van der Waals surface area contributed by atoms with Gasteiger partial charge in [0.15, 0.2) is 0 Å². The summed E-state index contributed by atoms with van der Waals surface area (Å²) in [5.41, 5.74) is 3.60. The van der Waals surface area contributed by atoms with E-state index >= 15 is 0 Å². The van der Waals surface area contributed by atoms with Crippen molar-refractivity contribution in [3.05, 3.63) is 106 Å². The molecule has 6 rings (SSSR count). The van der Waals surface area contributed by atoms with E-state index in [1.54, 1.807) is 0 Å². The molecule has 0 N–H and O–H groups in total. The maximum absolute atomic E-state index is 6.45. The largest absolute Gasteiger partial charge is 0.297 e. The van der Waals surface area contributed by atoms with E-state index in [0.29, 0.717) is 22.0 Å². The molecule has 2 atom stereocenters. The Hall–Kier alpha value is -2.13. The van der Waals surface area contributed by atoms with Gasteiger partial charge in [-0.2, -0.15) is 0 Å². The number of halogens is 2. The minimum Gasteiger partial charge on any atom is -0.297 e. The van der Waals surface area contributed by atoms with Crippen molar-refractivity contribution in [3.63, 3.8) is 0 Å². The molecule has 0 radical (unpaired) electrons. The minimum atomic E-state index is 0.225. The van der Waals surface area contributed by atoms with Crippen LogP contribution in [0.3, 0.4) is 0 Å². The molecular weight excluding hydrogens is 423 g/mol. The predicted molar refractivity (Wildman–Crippen MR) is 131 cm³/mol. The topological polar surface area (TPSA) is 15.6 Å². The number of aliphatic imine (C=N–C) groups is 1. The normalized spacial score (nSPS) is 25.4. The molecule has 3 fully saturated rings. The summed E-state index contributed by atoms with van der Waals surface area (Å²) in [6, 6.07) is 28.1. The summed E-state index contributed by atoms with van der Waals surface area (Å²) in [6.07, 6.45) is 4.36. The first-order valence-corrected chi connectivity index (χ1v) is 11.8. The highest BCUT2D eigenvalue weighted by atomic mass is 35.5. The van der Waals surface area contributed by atoms with E-state index in [4.69, 9.17) is 28.2 Å². The van der Waals surface area contributed by atoms with Crippen molar-refractivity contribution in [1.82, 2.24) is 4.90 Å². The van der Waals surface area contributed by atoms with Crippen LogP contribution in [0.15, 0.2) is 83.9 Å². The lowest BCUT2D eigenvalue weighted by molar-refractivity contribution is 0.0215. The van der Waals surface area contributed by atoms with Crippen molar-refractivity contribution in [3.8, 4) is 0 Å². The third kappa shape index (κ3) is 4.17. The van der Waals surface area contributed by atoms with Gasteiger partial charge < -0.3 is 0 Å². The average molecular weight is 449 g/mol. The number of rotatable bonds is 5. The van der Waals surface area contributed by atoms with Crippen LogP contribution in [0, 0.1) is 5.92 Å². The fraction of sp³-hybridized carbons (Fsp3) is 0.296. The van der Waals surface area contributed by atoms with Crippen molar-refractivity contribution < 1.29 is 0 Å². The lowest BCUT2D eigenvalue weighted by Gasteiger charge is -2.52. The molecule has 3 saturated heterocycles. The zero-order valence-corrected chi connectivity index (χ0v) is 18.9. The number of benzene rings is 3. The van der Waals surface area contributed by atoms with Gasteiger partial charge in [-0.1, -0.05) is 96.0 Å². The molecule has 158 valence electrons. The first-order chi connectivity index (χ1) is 15.2. The van der Waals surface area contributed by atoms with Gasteiger partial charge in [-0.05, 0) is 49.0 Å². The summed E-state index contributed by atoms with van der Waals surface area (Å²) in [5, 5.41) is 1.15. The summed E-state index contributed by atoms with van der Waals surface area (Å²) in [5.74, 6) is 0.876. The summed E-state index contributed by atoms with van der Waals surface area (Å²) >= 11 is 12.7. The lowest BCUT2D eigenvalue weighted by Crippen LogP contribution is -2.59. The van der Waals surface area contributed by atoms with Crippen LogP contribution >= 0.6 is 23.2 Å². The Labute approximate surface area is 194 Å². The molecule has 3 aliphatic heterocycles. The second-order valence-corrected chi connectivity index (χ2v) is 9.36. The van der Waals surface area contributed by atoms with Crippen molar-refractivity contribution >= 4 is 29.4 Å². The highest BCUT2D eigenvalue weighted by molar-refractivity contribution is 6.43. The SMILES string of the molecule is Clc1cccc(C=N[C@@H]2C3CCN(CC3)[C@@H]2C(c2ccccc2)c2ccccc2)c1Cl. The van der Waals surface area contributed by atoms with Gasteiger partial charge in [0.05, 0.1) is 16.1 Å². The monoisotopic (exact) mass is 448 g/mol. The zero-order valence-electron chi connectivity index (χ0n) is 17.4. The fourth-order valence-corrected chi connectivity index (χ4v) is 5.72. The number of piperidine rings is 3. The van der Waals surface area contributed by atoms with E-state index in [1.165, 1.54) is 24.0 Å². The Bertz CT molecular complexity index is 1000. The van der Waals surface area contributed by atoms with Gasteiger partial charge in [0.25, 0.3) is 0 Å². The number of fused-ring (bicyclic) bond motifs is 3. The molecule has 2 nitrogen and oxygen atoms in total. The van der Waals surface area contributed by atoms with E-state index < -0.39 is 0 Å². The Morgan fingerprint density at radius 2 is 1.42 bits per heavy atom. The molecule has 0 aliphatic carbocycles. The van der Waals surface area contributed by atoms with E-state index in [1.807, 2.05) is 24.4 Å². The second kappa shape index (κ2) is 9.16. The second-order valence-electron chi connectivity index (χ2n) is 8.57. The van der Waals surface area contributed by atoms with Crippen molar-refractivity contribution in [2.75, 3.05) is 13.1 Å². The molecule has 3 heterocycles. The first-order valence-electron chi connectivity index (χ1n) is 11.0. The average Bonchev–Trinajstić information content (AvgIpc) is 2.83. The van der Waals surface area contributed by atoms with Gasteiger partial charge in [0.2, 0.25) is 0 Å². The van der Waals surface area contributed by atoms with Crippen LogP contribution in [-0.4, -0.2) is 36.3 Å². The summed E-state index contributed by atoms with van der Waals surface area (Å²) in [4.78, 5) is 7.84.